The van der Waals surface area contributed by atoms with Gasteiger partial charge < -0.3 is 14.5 Å². The van der Waals surface area contributed by atoms with Crippen LogP contribution in [0.2, 0.25) is 5.02 Å². The number of carbonyl (C=O) groups is 1. The number of phosphoric acid groups is 1. The van der Waals surface area contributed by atoms with Crippen LogP contribution >= 0.6 is 43.6 Å². The first-order valence-electron chi connectivity index (χ1n) is 22.3. The molecule has 0 aliphatic carbocycles. The number of ether oxygens (including phenoxy) is 1. The highest BCUT2D eigenvalue weighted by molar-refractivity contribution is 7.99. The molecule has 5 aromatic carbocycles. The molecular weight excluding hydrogens is 1030 g/mol. The fraction of sp³-hybridized carbons (Fsp3) is 0.367. The van der Waals surface area contributed by atoms with Crippen LogP contribution in [0.4, 0.5) is 18.9 Å². The molecule has 12 nitrogen and oxygen atoms in total. The minimum absolute atomic E-state index is 0. The number of ketones is 1. The summed E-state index contributed by atoms with van der Waals surface area (Å²) in [4.78, 5) is 27.3. The summed E-state index contributed by atoms with van der Waals surface area (Å²) in [7, 11) is -14.0. The molecule has 0 bridgehead atoms. The number of alkyl halides is 3. The topological polar surface area (TPSA) is 157 Å². The van der Waals surface area contributed by atoms with Gasteiger partial charge in [0, 0.05) is 60.2 Å². The zero-order chi connectivity index (χ0) is 49.4. The van der Waals surface area contributed by atoms with Crippen molar-refractivity contribution in [3.8, 4) is 11.1 Å². The van der Waals surface area contributed by atoms with Crippen LogP contribution in [0.3, 0.4) is 0 Å². The highest BCUT2D eigenvalue weighted by Gasteiger charge is 2.48. The molecule has 0 spiro atoms. The van der Waals surface area contributed by atoms with Gasteiger partial charge in [-0.3, -0.25) is 18.7 Å². The molecule has 0 saturated carbocycles. The fourth-order valence-electron chi connectivity index (χ4n) is 8.63. The zero-order valence-corrected chi connectivity index (χ0v) is 43.0. The number of morpholine rings is 1. The monoisotopic (exact) mass is 1080 g/mol. The molecule has 0 amide bonds. The van der Waals surface area contributed by atoms with E-state index in [4.69, 9.17) is 25.4 Å². The van der Waals surface area contributed by atoms with E-state index in [9.17, 15) is 44.3 Å². The van der Waals surface area contributed by atoms with Gasteiger partial charge in [0.2, 0.25) is 0 Å². The minimum atomic E-state index is -6.01. The van der Waals surface area contributed by atoms with Crippen molar-refractivity contribution in [2.45, 2.75) is 52.0 Å². The summed E-state index contributed by atoms with van der Waals surface area (Å²) in [6.07, 6.45) is 0.730. The summed E-state index contributed by atoms with van der Waals surface area (Å²) >= 11 is 7.64. The standard InChI is InChI=1S/C49H53ClF3N2O10PS3.ClH/c1-63-66(57,58)65-48(45-10-6-5-9-44(45)36-11-16-40(50)17-12-36)38-22-25-55(26-23-38)41-18-13-37(14-19-41)46(56)34-68(59,60)43-20-15-39(47(32-43)69(61,62)49(51,52)53)31-35(21-24-54-27-29-64-30-28-54)33-67-42-7-3-2-4-8-42;/h2-20,32,35,38,48H,21-31,33-34H2,1H3,(H,57,58);1H/t35-,48+;/m0./s1. The van der Waals surface area contributed by atoms with E-state index in [2.05, 4.69) is 9.80 Å². The van der Waals surface area contributed by atoms with Gasteiger partial charge >= 0.3 is 13.3 Å². The van der Waals surface area contributed by atoms with Gasteiger partial charge in [-0.15, -0.1) is 24.2 Å². The van der Waals surface area contributed by atoms with Crippen LogP contribution in [0.25, 0.3) is 11.1 Å². The molecule has 1 unspecified atom stereocenters. The molecule has 378 valence electrons. The smallest absolute Gasteiger partial charge is 0.379 e. The second-order valence-corrected chi connectivity index (χ2v) is 23.9. The maximum absolute atomic E-state index is 14.3. The number of rotatable bonds is 20. The van der Waals surface area contributed by atoms with E-state index >= 15 is 0 Å². The van der Waals surface area contributed by atoms with Crippen LogP contribution in [-0.4, -0.2) is 102 Å². The molecule has 2 fully saturated rings. The molecule has 1 N–H and O–H groups in total. The van der Waals surface area contributed by atoms with Crippen molar-refractivity contribution in [3.05, 3.63) is 143 Å². The number of benzene rings is 5. The van der Waals surface area contributed by atoms with E-state index in [1.54, 1.807) is 24.3 Å². The number of hydrogen-bond donors (Lipinski definition) is 1. The predicted octanol–water partition coefficient (Wildman–Crippen LogP) is 10.8. The first kappa shape index (κ1) is 55.5. The van der Waals surface area contributed by atoms with Crippen molar-refractivity contribution in [2.24, 2.45) is 11.8 Å². The Morgan fingerprint density at radius 2 is 1.53 bits per heavy atom. The number of nitrogens with zero attached hydrogens (tertiary/aromatic N) is 2. The van der Waals surface area contributed by atoms with Gasteiger partial charge in [-0.25, -0.2) is 21.4 Å². The lowest BCUT2D eigenvalue weighted by Gasteiger charge is -2.38. The average molecular weight is 1090 g/mol. The predicted molar refractivity (Wildman–Crippen MR) is 268 cm³/mol. The second-order valence-electron chi connectivity index (χ2n) is 17.0. The van der Waals surface area contributed by atoms with Crippen LogP contribution < -0.4 is 4.90 Å². The van der Waals surface area contributed by atoms with Crippen LogP contribution in [0, 0.1) is 11.8 Å². The van der Waals surface area contributed by atoms with E-state index < -0.39 is 60.4 Å². The summed E-state index contributed by atoms with van der Waals surface area (Å²) in [5, 5.41) is 0.560. The summed E-state index contributed by atoms with van der Waals surface area (Å²) in [5.74, 6) is -1.98. The molecule has 2 aliphatic rings. The highest BCUT2D eigenvalue weighted by Crippen LogP contribution is 2.52. The maximum Gasteiger partial charge on any atom is 0.501 e. The maximum atomic E-state index is 14.3. The number of thioether (sulfide) groups is 1. The number of Topliss-reactive ketones (excluding diaryl/α,β-unsaturated/α-hetero) is 1. The Hall–Kier alpha value is -3.78. The molecule has 21 heteroatoms. The second kappa shape index (κ2) is 24.3. The fourth-order valence-corrected chi connectivity index (χ4v) is 12.8. The third-order valence-electron chi connectivity index (χ3n) is 12.4. The molecule has 0 radical (unpaired) electrons. The molecule has 2 aliphatic heterocycles. The van der Waals surface area contributed by atoms with Crippen molar-refractivity contribution < 1.29 is 58.0 Å². The highest BCUT2D eigenvalue weighted by atomic mass is 35.5. The van der Waals surface area contributed by atoms with Crippen molar-refractivity contribution in [1.82, 2.24) is 4.90 Å². The molecule has 2 saturated heterocycles. The van der Waals surface area contributed by atoms with Gasteiger partial charge in [-0.05, 0) is 127 Å². The van der Waals surface area contributed by atoms with E-state index in [1.165, 1.54) is 23.9 Å². The Morgan fingerprint density at radius 3 is 2.17 bits per heavy atom. The number of carbonyl (C=O) groups excluding carboxylic acids is 1. The molecular formula is C49H54Cl2F3N2O10PS3. The lowest BCUT2D eigenvalue weighted by Crippen LogP contribution is -2.37. The van der Waals surface area contributed by atoms with Crippen molar-refractivity contribution >= 4 is 74.7 Å². The van der Waals surface area contributed by atoms with Crippen molar-refractivity contribution in [3.63, 3.8) is 0 Å². The molecule has 0 aromatic heterocycles. The van der Waals surface area contributed by atoms with E-state index in [0.29, 0.717) is 87.6 Å². The number of sulfone groups is 2. The normalized spacial score (nSPS) is 17.0. The first-order chi connectivity index (χ1) is 32.8. The van der Waals surface area contributed by atoms with Gasteiger partial charge in [-0.2, -0.15) is 13.2 Å². The van der Waals surface area contributed by atoms with Crippen LogP contribution in [0.1, 0.15) is 46.9 Å². The Morgan fingerprint density at radius 1 is 0.886 bits per heavy atom. The minimum Gasteiger partial charge on any atom is -0.379 e. The molecule has 3 atom stereocenters. The Labute approximate surface area is 422 Å². The quantitative estimate of drug-likeness (QED) is 0.0447. The van der Waals surface area contributed by atoms with Crippen molar-refractivity contribution in [1.29, 1.82) is 0 Å². The molecule has 2 heterocycles. The number of hydrogen-bond acceptors (Lipinski definition) is 12. The summed E-state index contributed by atoms with van der Waals surface area (Å²) in [6, 6.07) is 33.1. The van der Waals surface area contributed by atoms with Gasteiger partial charge in [0.25, 0.3) is 9.84 Å². The molecule has 7 rings (SSSR count). The number of anilines is 1. The van der Waals surface area contributed by atoms with Gasteiger partial charge in [0.15, 0.2) is 15.6 Å². The Kier molecular flexibility index (Phi) is 19.3. The summed E-state index contributed by atoms with van der Waals surface area (Å²) in [5.41, 5.74) is -2.78. The first-order valence-corrected chi connectivity index (χ1v) is 28.3. The lowest BCUT2D eigenvalue weighted by atomic mass is 9.84. The van der Waals surface area contributed by atoms with Crippen LogP contribution in [-0.2, 0) is 44.4 Å². The SMILES string of the molecule is COP(=O)(O)O[C@@H](c1ccccc1-c1ccc(Cl)cc1)C1CCN(c2ccc(C(=O)CS(=O)(=O)c3ccc(C[C@H](CCN4CCOCC4)CSc4ccccc4)c(S(=O)(=O)C(F)(F)F)c3)cc2)CC1.Cl. The number of piperidine rings is 1. The van der Waals surface area contributed by atoms with Crippen molar-refractivity contribution in [2.75, 3.05) is 69.5 Å². The molecule has 5 aromatic rings. The van der Waals surface area contributed by atoms with Crippen LogP contribution in [0.15, 0.2) is 136 Å². The summed E-state index contributed by atoms with van der Waals surface area (Å²) in [6.45, 7) is 4.10. The summed E-state index contributed by atoms with van der Waals surface area (Å²) < 4.78 is 126. The average Bonchev–Trinajstić information content (AvgIpc) is 3.34. The molecule has 70 heavy (non-hydrogen) atoms. The third-order valence-corrected chi connectivity index (χ3v) is 18.1. The van der Waals surface area contributed by atoms with E-state index in [-0.39, 0.29) is 41.8 Å². The Balaban J connectivity index is 0.00000804. The number of phosphoric ester groups is 1. The van der Waals surface area contributed by atoms with Gasteiger partial charge in [-0.1, -0.05) is 72.3 Å². The number of halogens is 5. The Bertz CT molecular complexity index is 2820. The largest absolute Gasteiger partial charge is 0.501 e. The third kappa shape index (κ3) is 14.2. The van der Waals surface area contributed by atoms with E-state index in [1.807, 2.05) is 66.7 Å². The van der Waals surface area contributed by atoms with E-state index in [0.717, 1.165) is 41.0 Å². The lowest BCUT2D eigenvalue weighted by molar-refractivity contribution is -0.0436. The van der Waals surface area contributed by atoms with Gasteiger partial charge in [0.1, 0.15) is 5.75 Å². The van der Waals surface area contributed by atoms with Gasteiger partial charge in [0.05, 0.1) is 29.1 Å². The van der Waals surface area contributed by atoms with Crippen LogP contribution in [0.5, 0.6) is 0 Å². The zero-order valence-electron chi connectivity index (χ0n) is 38.1.